The maximum atomic E-state index is 13.7. The summed E-state index contributed by atoms with van der Waals surface area (Å²) < 4.78 is 27.2. The van der Waals surface area contributed by atoms with Crippen LogP contribution in [0, 0.1) is 18.6 Å². The van der Waals surface area contributed by atoms with Crippen molar-refractivity contribution in [3.05, 3.63) is 83.6 Å². The van der Waals surface area contributed by atoms with E-state index in [2.05, 4.69) is 10.3 Å². The molecule has 5 heteroatoms. The summed E-state index contributed by atoms with van der Waals surface area (Å²) in [5, 5.41) is 2.60. The molecule has 1 aromatic heterocycles. The molecule has 3 nitrogen and oxygen atoms in total. The van der Waals surface area contributed by atoms with Crippen molar-refractivity contribution in [2.75, 3.05) is 5.32 Å². The zero-order valence-electron chi connectivity index (χ0n) is 12.9. The van der Waals surface area contributed by atoms with Crippen molar-refractivity contribution in [2.45, 2.75) is 6.92 Å². The Balaban J connectivity index is 1.79. The van der Waals surface area contributed by atoms with Crippen molar-refractivity contribution in [3.8, 4) is 11.3 Å². The third-order valence-corrected chi connectivity index (χ3v) is 3.61. The second kappa shape index (κ2) is 6.58. The van der Waals surface area contributed by atoms with E-state index in [4.69, 9.17) is 0 Å². The topological polar surface area (TPSA) is 42.0 Å². The van der Waals surface area contributed by atoms with E-state index in [0.717, 1.165) is 0 Å². The number of amides is 1. The van der Waals surface area contributed by atoms with Gasteiger partial charge in [0.25, 0.3) is 5.91 Å². The summed E-state index contributed by atoms with van der Waals surface area (Å²) in [6.07, 6.45) is 1.36. The van der Waals surface area contributed by atoms with Gasteiger partial charge in [-0.2, -0.15) is 0 Å². The maximum Gasteiger partial charge on any atom is 0.257 e. The lowest BCUT2D eigenvalue weighted by Gasteiger charge is -2.07. The number of aryl methyl sites for hydroxylation is 1. The summed E-state index contributed by atoms with van der Waals surface area (Å²) >= 11 is 0. The van der Waals surface area contributed by atoms with Crippen LogP contribution in [0.25, 0.3) is 11.3 Å². The second-order valence-corrected chi connectivity index (χ2v) is 5.33. The molecule has 24 heavy (non-hydrogen) atoms. The normalized spacial score (nSPS) is 10.5. The van der Waals surface area contributed by atoms with Crippen molar-refractivity contribution in [2.24, 2.45) is 0 Å². The predicted molar refractivity (Wildman–Crippen MR) is 88.7 cm³/mol. The zero-order chi connectivity index (χ0) is 17.1. The fraction of sp³-hybridized carbons (Fsp3) is 0.0526. The molecule has 3 rings (SSSR count). The molecule has 0 radical (unpaired) electrons. The SMILES string of the molecule is Cc1ccc(NC(=O)c2ccc(-c3ccccc3F)nc2)cc1F. The Kier molecular flexibility index (Phi) is 4.33. The molecule has 0 aliphatic rings. The highest BCUT2D eigenvalue weighted by molar-refractivity contribution is 6.04. The van der Waals surface area contributed by atoms with Crippen LogP contribution in [0.5, 0.6) is 0 Å². The maximum absolute atomic E-state index is 13.7. The van der Waals surface area contributed by atoms with Gasteiger partial charge in [-0.15, -0.1) is 0 Å². The van der Waals surface area contributed by atoms with E-state index in [1.165, 1.54) is 18.3 Å². The van der Waals surface area contributed by atoms with Crippen LogP contribution in [0.2, 0.25) is 0 Å². The smallest absolute Gasteiger partial charge is 0.257 e. The highest BCUT2D eigenvalue weighted by atomic mass is 19.1. The van der Waals surface area contributed by atoms with Gasteiger partial charge in [-0.3, -0.25) is 9.78 Å². The first kappa shape index (κ1) is 15.8. The number of rotatable bonds is 3. The number of hydrogen-bond donors (Lipinski definition) is 1. The van der Waals surface area contributed by atoms with E-state index in [-0.39, 0.29) is 11.6 Å². The first-order valence-corrected chi connectivity index (χ1v) is 7.33. The molecule has 0 aliphatic heterocycles. The number of pyridine rings is 1. The molecule has 0 saturated carbocycles. The first-order chi connectivity index (χ1) is 11.5. The van der Waals surface area contributed by atoms with Crippen LogP contribution in [0.15, 0.2) is 60.8 Å². The number of hydrogen-bond acceptors (Lipinski definition) is 2. The summed E-state index contributed by atoms with van der Waals surface area (Å²) in [6, 6.07) is 13.9. The van der Waals surface area contributed by atoms with Gasteiger partial charge >= 0.3 is 0 Å². The average Bonchev–Trinajstić information content (AvgIpc) is 2.59. The molecule has 0 fully saturated rings. The molecule has 2 aromatic carbocycles. The molecule has 3 aromatic rings. The standard InChI is InChI=1S/C19H14F2N2O/c1-12-6-8-14(10-17(12)21)23-19(24)13-7-9-18(22-11-13)15-4-2-3-5-16(15)20/h2-11H,1H3,(H,23,24). The number of carbonyl (C=O) groups is 1. The molecule has 0 unspecified atom stereocenters. The Bertz CT molecular complexity index is 892. The Hall–Kier alpha value is -3.08. The summed E-state index contributed by atoms with van der Waals surface area (Å²) in [4.78, 5) is 16.3. The quantitative estimate of drug-likeness (QED) is 0.766. The Morgan fingerprint density at radius 2 is 1.79 bits per heavy atom. The summed E-state index contributed by atoms with van der Waals surface area (Å²) in [6.45, 7) is 1.65. The van der Waals surface area contributed by atoms with E-state index >= 15 is 0 Å². The molecule has 1 heterocycles. The van der Waals surface area contributed by atoms with Crippen LogP contribution in [0.3, 0.4) is 0 Å². The lowest BCUT2D eigenvalue weighted by Crippen LogP contribution is -2.12. The molecule has 0 spiro atoms. The third kappa shape index (κ3) is 3.30. The number of aromatic nitrogens is 1. The van der Waals surface area contributed by atoms with Gasteiger partial charge in [0.15, 0.2) is 0 Å². The molecule has 0 saturated heterocycles. The minimum Gasteiger partial charge on any atom is -0.322 e. The highest BCUT2D eigenvalue weighted by Crippen LogP contribution is 2.21. The fourth-order valence-corrected chi connectivity index (χ4v) is 2.23. The Labute approximate surface area is 138 Å². The highest BCUT2D eigenvalue weighted by Gasteiger charge is 2.10. The van der Waals surface area contributed by atoms with E-state index in [9.17, 15) is 13.6 Å². The molecule has 120 valence electrons. The first-order valence-electron chi connectivity index (χ1n) is 7.33. The summed E-state index contributed by atoms with van der Waals surface area (Å²) in [5.41, 5.74) is 1.97. The van der Waals surface area contributed by atoms with Crippen LogP contribution in [0.4, 0.5) is 14.5 Å². The van der Waals surface area contributed by atoms with Gasteiger partial charge in [-0.25, -0.2) is 8.78 Å². The monoisotopic (exact) mass is 324 g/mol. The fourth-order valence-electron chi connectivity index (χ4n) is 2.23. The third-order valence-electron chi connectivity index (χ3n) is 3.61. The van der Waals surface area contributed by atoms with Crippen molar-refractivity contribution < 1.29 is 13.6 Å². The summed E-state index contributed by atoms with van der Waals surface area (Å²) in [7, 11) is 0. The zero-order valence-corrected chi connectivity index (χ0v) is 12.9. The number of carbonyl (C=O) groups excluding carboxylic acids is 1. The van der Waals surface area contributed by atoms with Gasteiger partial charge in [0.1, 0.15) is 11.6 Å². The predicted octanol–water partition coefficient (Wildman–Crippen LogP) is 4.59. The number of nitrogens with zero attached hydrogens (tertiary/aromatic N) is 1. The van der Waals surface area contributed by atoms with Crippen molar-refractivity contribution in [3.63, 3.8) is 0 Å². The van der Waals surface area contributed by atoms with Gasteiger partial charge in [0, 0.05) is 17.4 Å². The lowest BCUT2D eigenvalue weighted by atomic mass is 10.1. The summed E-state index contributed by atoms with van der Waals surface area (Å²) in [5.74, 6) is -1.18. The Morgan fingerprint density at radius 3 is 2.46 bits per heavy atom. The van der Waals surface area contributed by atoms with E-state index in [0.29, 0.717) is 28.1 Å². The number of nitrogens with one attached hydrogen (secondary N) is 1. The minimum atomic E-state index is -0.411. The molecule has 0 aliphatic carbocycles. The lowest BCUT2D eigenvalue weighted by molar-refractivity contribution is 0.102. The number of halogens is 2. The van der Waals surface area contributed by atoms with Crippen LogP contribution in [0.1, 0.15) is 15.9 Å². The molecule has 1 amide bonds. The van der Waals surface area contributed by atoms with E-state index in [1.54, 1.807) is 49.4 Å². The van der Waals surface area contributed by atoms with Gasteiger partial charge in [-0.05, 0) is 48.9 Å². The second-order valence-electron chi connectivity index (χ2n) is 5.33. The van der Waals surface area contributed by atoms with Crippen molar-refractivity contribution in [1.29, 1.82) is 0 Å². The molecule has 1 N–H and O–H groups in total. The largest absolute Gasteiger partial charge is 0.322 e. The van der Waals surface area contributed by atoms with Crippen LogP contribution < -0.4 is 5.32 Å². The van der Waals surface area contributed by atoms with E-state index < -0.39 is 5.91 Å². The van der Waals surface area contributed by atoms with Crippen LogP contribution in [-0.2, 0) is 0 Å². The van der Waals surface area contributed by atoms with Crippen LogP contribution in [-0.4, -0.2) is 10.9 Å². The van der Waals surface area contributed by atoms with Gasteiger partial charge in [0.2, 0.25) is 0 Å². The molecule has 0 bridgehead atoms. The number of benzene rings is 2. The molecular formula is C19H14F2N2O. The molecule has 0 atom stereocenters. The average molecular weight is 324 g/mol. The Morgan fingerprint density at radius 1 is 1.00 bits per heavy atom. The van der Waals surface area contributed by atoms with Crippen molar-refractivity contribution >= 4 is 11.6 Å². The number of anilines is 1. The molecular weight excluding hydrogens is 310 g/mol. The van der Waals surface area contributed by atoms with Gasteiger partial charge < -0.3 is 5.32 Å². The van der Waals surface area contributed by atoms with Gasteiger partial charge in [0.05, 0.1) is 11.3 Å². The van der Waals surface area contributed by atoms with Crippen LogP contribution >= 0.6 is 0 Å². The van der Waals surface area contributed by atoms with Gasteiger partial charge in [-0.1, -0.05) is 18.2 Å². The van der Waals surface area contributed by atoms with Crippen molar-refractivity contribution in [1.82, 2.24) is 4.98 Å². The minimum absolute atomic E-state index is 0.302. The van der Waals surface area contributed by atoms with E-state index in [1.807, 2.05) is 0 Å².